The molecule has 0 bridgehead atoms. The Morgan fingerprint density at radius 2 is 2.06 bits per heavy atom. The number of benzene rings is 1. The van der Waals surface area contributed by atoms with Crippen molar-refractivity contribution in [2.24, 2.45) is 0 Å². The predicted molar refractivity (Wildman–Crippen MR) is 62.8 cm³/mol. The minimum atomic E-state index is -0.920. The average molecular weight is 218 g/mol. The Bertz CT molecular complexity index is 379. The molecule has 3 nitrogen and oxygen atoms in total. The maximum Gasteiger partial charge on any atom is 0.331 e. The van der Waals surface area contributed by atoms with Crippen molar-refractivity contribution in [3.05, 3.63) is 54.3 Å². The van der Waals surface area contributed by atoms with E-state index in [4.69, 9.17) is 9.84 Å². The Hall–Kier alpha value is -2.03. The largest absolute Gasteiger partial charge is 0.501 e. The van der Waals surface area contributed by atoms with Crippen molar-refractivity contribution in [1.29, 1.82) is 0 Å². The first-order chi connectivity index (χ1) is 7.74. The summed E-state index contributed by atoms with van der Waals surface area (Å²) in [6, 6.07) is 9.34. The van der Waals surface area contributed by atoms with Gasteiger partial charge in [-0.2, -0.15) is 0 Å². The molecule has 0 saturated carbocycles. The van der Waals surface area contributed by atoms with Crippen LogP contribution in [0.1, 0.15) is 12.0 Å². The molecule has 0 spiro atoms. The Morgan fingerprint density at radius 3 is 2.62 bits per heavy atom. The fraction of sp³-hybridized carbons (Fsp3) is 0.154. The van der Waals surface area contributed by atoms with E-state index >= 15 is 0 Å². The minimum Gasteiger partial charge on any atom is -0.501 e. The summed E-state index contributed by atoms with van der Waals surface area (Å²) >= 11 is 0. The third-order valence-electron chi connectivity index (χ3n) is 2.02. The molecule has 0 aliphatic rings. The number of carboxylic acids is 1. The smallest absolute Gasteiger partial charge is 0.331 e. The Labute approximate surface area is 94.7 Å². The SMILES string of the molecule is C=COCCC(=Cc1ccccc1)C(=O)O. The second-order valence-corrected chi connectivity index (χ2v) is 3.17. The molecule has 1 rings (SSSR count). The van der Waals surface area contributed by atoms with E-state index in [1.54, 1.807) is 6.08 Å². The Kier molecular flexibility index (Phi) is 4.86. The van der Waals surface area contributed by atoms with Crippen LogP contribution in [0, 0.1) is 0 Å². The lowest BCUT2D eigenvalue weighted by atomic mass is 10.1. The molecule has 1 N–H and O–H groups in total. The molecule has 0 aliphatic carbocycles. The molecule has 0 saturated heterocycles. The number of hydrogen-bond donors (Lipinski definition) is 1. The number of ether oxygens (including phenoxy) is 1. The molecule has 0 fully saturated rings. The fourth-order valence-corrected chi connectivity index (χ4v) is 1.24. The van der Waals surface area contributed by atoms with Crippen molar-refractivity contribution in [2.45, 2.75) is 6.42 Å². The van der Waals surface area contributed by atoms with Crippen LogP contribution in [0.2, 0.25) is 0 Å². The first kappa shape index (κ1) is 12.0. The lowest BCUT2D eigenvalue weighted by Gasteiger charge is -2.02. The molecule has 0 atom stereocenters. The van der Waals surface area contributed by atoms with Gasteiger partial charge in [0.2, 0.25) is 0 Å². The summed E-state index contributed by atoms with van der Waals surface area (Å²) in [6.07, 6.45) is 3.31. The summed E-state index contributed by atoms with van der Waals surface area (Å²) in [6.45, 7) is 3.73. The van der Waals surface area contributed by atoms with Gasteiger partial charge >= 0.3 is 5.97 Å². The third kappa shape index (κ3) is 4.00. The molecule has 0 radical (unpaired) electrons. The number of carbonyl (C=O) groups is 1. The molecule has 1 aromatic carbocycles. The molecular weight excluding hydrogens is 204 g/mol. The van der Waals surface area contributed by atoms with Gasteiger partial charge in [0.25, 0.3) is 0 Å². The van der Waals surface area contributed by atoms with Gasteiger partial charge in [0.15, 0.2) is 0 Å². The summed E-state index contributed by atoms with van der Waals surface area (Å²) in [5.74, 6) is -0.920. The lowest BCUT2D eigenvalue weighted by Crippen LogP contribution is -2.03. The van der Waals surface area contributed by atoms with Gasteiger partial charge in [-0.25, -0.2) is 4.79 Å². The maximum atomic E-state index is 10.9. The molecule has 3 heteroatoms. The van der Waals surface area contributed by atoms with Crippen LogP contribution >= 0.6 is 0 Å². The second kappa shape index (κ2) is 6.45. The van der Waals surface area contributed by atoms with E-state index in [2.05, 4.69) is 6.58 Å². The van der Waals surface area contributed by atoms with E-state index < -0.39 is 5.97 Å². The molecule has 1 aromatic rings. The van der Waals surface area contributed by atoms with Gasteiger partial charge in [0.05, 0.1) is 12.9 Å². The zero-order chi connectivity index (χ0) is 11.8. The zero-order valence-corrected chi connectivity index (χ0v) is 8.93. The molecule has 0 aromatic heterocycles. The Morgan fingerprint density at radius 1 is 1.38 bits per heavy atom. The van der Waals surface area contributed by atoms with E-state index in [0.29, 0.717) is 18.6 Å². The third-order valence-corrected chi connectivity index (χ3v) is 2.02. The molecule has 0 amide bonds. The molecular formula is C13H14O3. The molecule has 0 aliphatic heterocycles. The van der Waals surface area contributed by atoms with Crippen molar-refractivity contribution in [2.75, 3.05) is 6.61 Å². The van der Waals surface area contributed by atoms with Crippen LogP contribution in [0.25, 0.3) is 6.08 Å². The highest BCUT2D eigenvalue weighted by atomic mass is 16.5. The van der Waals surface area contributed by atoms with Crippen LogP contribution in [0.4, 0.5) is 0 Å². The molecule has 0 heterocycles. The van der Waals surface area contributed by atoms with Gasteiger partial charge in [-0.05, 0) is 11.6 Å². The lowest BCUT2D eigenvalue weighted by molar-refractivity contribution is -0.132. The van der Waals surface area contributed by atoms with Crippen molar-refractivity contribution < 1.29 is 14.6 Å². The van der Waals surface area contributed by atoms with Crippen molar-refractivity contribution in [1.82, 2.24) is 0 Å². The standard InChI is InChI=1S/C13H14O3/c1-2-16-9-8-12(13(14)15)10-11-6-4-3-5-7-11/h2-7,10H,1,8-9H2,(H,14,15). The number of hydrogen-bond acceptors (Lipinski definition) is 2. The van der Waals surface area contributed by atoms with Gasteiger partial charge < -0.3 is 9.84 Å². The van der Waals surface area contributed by atoms with E-state index in [1.807, 2.05) is 30.3 Å². The number of carboxylic acid groups (broad SMARTS) is 1. The monoisotopic (exact) mass is 218 g/mol. The number of rotatable bonds is 6. The normalized spacial score (nSPS) is 10.9. The van der Waals surface area contributed by atoms with Crippen LogP contribution in [-0.2, 0) is 9.53 Å². The summed E-state index contributed by atoms with van der Waals surface area (Å²) in [5, 5.41) is 8.98. The second-order valence-electron chi connectivity index (χ2n) is 3.17. The molecule has 16 heavy (non-hydrogen) atoms. The highest BCUT2D eigenvalue weighted by Crippen LogP contribution is 2.10. The van der Waals surface area contributed by atoms with Gasteiger partial charge in [-0.15, -0.1) is 0 Å². The van der Waals surface area contributed by atoms with Crippen molar-refractivity contribution in [3.8, 4) is 0 Å². The average Bonchev–Trinajstić information content (AvgIpc) is 2.29. The van der Waals surface area contributed by atoms with Gasteiger partial charge in [-0.1, -0.05) is 36.9 Å². The summed E-state index contributed by atoms with van der Waals surface area (Å²) in [4.78, 5) is 10.9. The topological polar surface area (TPSA) is 46.5 Å². The summed E-state index contributed by atoms with van der Waals surface area (Å²) in [7, 11) is 0. The fourth-order valence-electron chi connectivity index (χ4n) is 1.24. The van der Waals surface area contributed by atoms with E-state index in [9.17, 15) is 4.79 Å². The summed E-state index contributed by atoms with van der Waals surface area (Å²) < 4.78 is 4.91. The highest BCUT2D eigenvalue weighted by molar-refractivity contribution is 5.92. The molecule has 84 valence electrons. The quantitative estimate of drug-likeness (QED) is 0.453. The first-order valence-electron chi connectivity index (χ1n) is 4.95. The molecule has 0 unspecified atom stereocenters. The van der Waals surface area contributed by atoms with Crippen LogP contribution < -0.4 is 0 Å². The van der Waals surface area contributed by atoms with Crippen LogP contribution in [0.5, 0.6) is 0 Å². The first-order valence-corrected chi connectivity index (χ1v) is 4.95. The minimum absolute atomic E-state index is 0.327. The number of aliphatic carboxylic acids is 1. The van der Waals surface area contributed by atoms with E-state index in [1.165, 1.54) is 6.26 Å². The summed E-state index contributed by atoms with van der Waals surface area (Å²) in [5.41, 5.74) is 1.20. The Balaban J connectivity index is 2.73. The maximum absolute atomic E-state index is 10.9. The van der Waals surface area contributed by atoms with Crippen LogP contribution in [-0.4, -0.2) is 17.7 Å². The van der Waals surface area contributed by atoms with Crippen molar-refractivity contribution >= 4 is 12.0 Å². The van der Waals surface area contributed by atoms with Crippen molar-refractivity contribution in [3.63, 3.8) is 0 Å². The van der Waals surface area contributed by atoms with E-state index in [-0.39, 0.29) is 0 Å². The highest BCUT2D eigenvalue weighted by Gasteiger charge is 2.06. The van der Waals surface area contributed by atoms with E-state index in [0.717, 1.165) is 5.56 Å². The zero-order valence-electron chi connectivity index (χ0n) is 8.93. The predicted octanol–water partition coefficient (Wildman–Crippen LogP) is 2.70. The van der Waals surface area contributed by atoms with Gasteiger partial charge in [0.1, 0.15) is 0 Å². The van der Waals surface area contributed by atoms with Gasteiger partial charge in [-0.3, -0.25) is 0 Å². The van der Waals surface area contributed by atoms with Crippen LogP contribution in [0.15, 0.2) is 48.7 Å². The van der Waals surface area contributed by atoms with Gasteiger partial charge in [0, 0.05) is 12.0 Å². The van der Waals surface area contributed by atoms with Crippen LogP contribution in [0.3, 0.4) is 0 Å².